The summed E-state index contributed by atoms with van der Waals surface area (Å²) < 4.78 is 0. The molecule has 1 amide bonds. The van der Waals surface area contributed by atoms with Crippen LogP contribution in [0, 0.1) is 0 Å². The molecule has 0 spiro atoms. The lowest BCUT2D eigenvalue weighted by molar-refractivity contribution is -0.111. The maximum atomic E-state index is 11.7. The van der Waals surface area contributed by atoms with E-state index in [1.54, 1.807) is 6.08 Å². The van der Waals surface area contributed by atoms with Gasteiger partial charge in [-0.25, -0.2) is 4.79 Å². The number of amides is 1. The Morgan fingerprint density at radius 2 is 1.76 bits per heavy atom. The number of aromatic hydroxyl groups is 1. The highest BCUT2D eigenvalue weighted by Crippen LogP contribution is 2.21. The number of carboxylic acids is 1. The van der Waals surface area contributed by atoms with E-state index in [9.17, 15) is 14.7 Å². The minimum Gasteiger partial charge on any atom is -0.507 e. The van der Waals surface area contributed by atoms with Gasteiger partial charge in [0.15, 0.2) is 0 Å². The molecule has 0 bridgehead atoms. The second kappa shape index (κ2) is 6.38. The number of nitrogens with one attached hydrogen (secondary N) is 1. The van der Waals surface area contributed by atoms with Gasteiger partial charge in [-0.15, -0.1) is 0 Å². The molecule has 0 saturated heterocycles. The molecule has 0 radical (unpaired) electrons. The molecular weight excluding hydrogens is 270 g/mol. The Morgan fingerprint density at radius 3 is 2.43 bits per heavy atom. The van der Waals surface area contributed by atoms with Crippen LogP contribution in [0.2, 0.25) is 0 Å². The van der Waals surface area contributed by atoms with Crippen LogP contribution < -0.4 is 5.32 Å². The van der Waals surface area contributed by atoms with Crippen molar-refractivity contribution in [3.8, 4) is 5.75 Å². The molecule has 0 aliphatic rings. The van der Waals surface area contributed by atoms with Crippen molar-refractivity contribution in [2.75, 3.05) is 5.32 Å². The number of hydrogen-bond acceptors (Lipinski definition) is 3. The van der Waals surface area contributed by atoms with Crippen molar-refractivity contribution < 1.29 is 19.8 Å². The molecule has 5 nitrogen and oxygen atoms in total. The van der Waals surface area contributed by atoms with Gasteiger partial charge in [-0.05, 0) is 29.8 Å². The molecule has 0 saturated carbocycles. The van der Waals surface area contributed by atoms with E-state index in [4.69, 9.17) is 5.11 Å². The maximum Gasteiger partial charge on any atom is 0.339 e. The fraction of sp³-hybridized carbons (Fsp3) is 0. The smallest absolute Gasteiger partial charge is 0.339 e. The fourth-order valence-corrected chi connectivity index (χ4v) is 1.71. The molecule has 2 rings (SSSR count). The van der Waals surface area contributed by atoms with Gasteiger partial charge in [0.25, 0.3) is 0 Å². The average molecular weight is 283 g/mol. The van der Waals surface area contributed by atoms with Crippen LogP contribution in [0.3, 0.4) is 0 Å². The fourth-order valence-electron chi connectivity index (χ4n) is 1.71. The first-order chi connectivity index (χ1) is 10.1. The van der Waals surface area contributed by atoms with E-state index < -0.39 is 5.97 Å². The van der Waals surface area contributed by atoms with Gasteiger partial charge in [0, 0.05) is 11.8 Å². The number of rotatable bonds is 4. The largest absolute Gasteiger partial charge is 0.507 e. The van der Waals surface area contributed by atoms with Crippen LogP contribution >= 0.6 is 0 Å². The van der Waals surface area contributed by atoms with E-state index >= 15 is 0 Å². The molecule has 0 aromatic heterocycles. The summed E-state index contributed by atoms with van der Waals surface area (Å²) in [4.78, 5) is 22.6. The normalized spacial score (nSPS) is 10.5. The van der Waals surface area contributed by atoms with E-state index in [-0.39, 0.29) is 17.2 Å². The molecule has 0 unspecified atom stereocenters. The highest BCUT2D eigenvalue weighted by molar-refractivity contribution is 6.03. The second-order valence-corrected chi connectivity index (χ2v) is 4.27. The third-order valence-corrected chi connectivity index (χ3v) is 2.72. The Labute approximate surface area is 121 Å². The Bertz CT molecular complexity index is 693. The van der Waals surface area contributed by atoms with E-state index in [0.29, 0.717) is 5.69 Å². The molecule has 5 heteroatoms. The Kier molecular flexibility index (Phi) is 4.36. The van der Waals surface area contributed by atoms with E-state index in [0.717, 1.165) is 5.56 Å². The molecule has 0 heterocycles. The van der Waals surface area contributed by atoms with Gasteiger partial charge in [0.05, 0.1) is 0 Å². The number of phenols is 1. The van der Waals surface area contributed by atoms with Gasteiger partial charge in [0.1, 0.15) is 11.3 Å². The number of anilines is 1. The van der Waals surface area contributed by atoms with Gasteiger partial charge < -0.3 is 15.5 Å². The first-order valence-corrected chi connectivity index (χ1v) is 6.16. The summed E-state index contributed by atoms with van der Waals surface area (Å²) in [6.45, 7) is 0. The van der Waals surface area contributed by atoms with Crippen molar-refractivity contribution in [2.45, 2.75) is 0 Å². The molecule has 21 heavy (non-hydrogen) atoms. The number of carboxylic acid groups (broad SMARTS) is 1. The van der Waals surface area contributed by atoms with E-state index in [1.165, 1.54) is 24.3 Å². The zero-order valence-electron chi connectivity index (χ0n) is 11.0. The van der Waals surface area contributed by atoms with Crippen molar-refractivity contribution in [3.05, 3.63) is 65.7 Å². The van der Waals surface area contributed by atoms with E-state index in [2.05, 4.69) is 5.32 Å². The summed E-state index contributed by atoms with van der Waals surface area (Å²) in [5, 5.41) is 20.8. The molecule has 0 aliphatic heterocycles. The molecule has 3 N–H and O–H groups in total. The SMILES string of the molecule is O=C(C=Cc1ccccc1)Nc1ccc(O)c(C(=O)O)c1. The third kappa shape index (κ3) is 3.94. The summed E-state index contributed by atoms with van der Waals surface area (Å²) in [6, 6.07) is 13.1. The zero-order valence-corrected chi connectivity index (χ0v) is 11.0. The minimum absolute atomic E-state index is 0.264. The van der Waals surface area contributed by atoms with E-state index in [1.807, 2.05) is 30.3 Å². The zero-order chi connectivity index (χ0) is 15.2. The quantitative estimate of drug-likeness (QED) is 0.595. The topological polar surface area (TPSA) is 86.6 Å². The lowest BCUT2D eigenvalue weighted by atomic mass is 10.1. The van der Waals surface area contributed by atoms with Crippen LogP contribution in [0.5, 0.6) is 5.75 Å². The Balaban J connectivity index is 2.08. The Morgan fingerprint density at radius 1 is 1.05 bits per heavy atom. The molecule has 106 valence electrons. The summed E-state index contributed by atoms with van der Waals surface area (Å²) in [7, 11) is 0. The van der Waals surface area contributed by atoms with Crippen molar-refractivity contribution >= 4 is 23.6 Å². The number of aromatic carboxylic acids is 1. The summed E-state index contributed by atoms with van der Waals surface area (Å²) in [5.74, 6) is -2.00. The third-order valence-electron chi connectivity index (χ3n) is 2.72. The van der Waals surface area contributed by atoms with Crippen molar-refractivity contribution in [2.24, 2.45) is 0 Å². The van der Waals surface area contributed by atoms with Gasteiger partial charge in [-0.2, -0.15) is 0 Å². The van der Waals surface area contributed by atoms with Crippen LogP contribution in [0.4, 0.5) is 5.69 Å². The molecule has 0 atom stereocenters. The van der Waals surface area contributed by atoms with Crippen LogP contribution in [0.15, 0.2) is 54.6 Å². The monoisotopic (exact) mass is 283 g/mol. The highest BCUT2D eigenvalue weighted by Gasteiger charge is 2.10. The van der Waals surface area contributed by atoms with Gasteiger partial charge in [0.2, 0.25) is 5.91 Å². The van der Waals surface area contributed by atoms with Crippen LogP contribution in [-0.4, -0.2) is 22.1 Å². The van der Waals surface area contributed by atoms with Gasteiger partial charge in [-0.3, -0.25) is 4.79 Å². The summed E-state index contributed by atoms with van der Waals surface area (Å²) >= 11 is 0. The molecule has 0 aliphatic carbocycles. The lowest BCUT2D eigenvalue weighted by Gasteiger charge is -2.05. The van der Waals surface area contributed by atoms with Crippen LogP contribution in [-0.2, 0) is 4.79 Å². The van der Waals surface area contributed by atoms with Crippen LogP contribution in [0.25, 0.3) is 6.08 Å². The minimum atomic E-state index is -1.26. The first kappa shape index (κ1) is 14.3. The summed E-state index contributed by atoms with van der Waals surface area (Å²) in [6.07, 6.45) is 3.00. The summed E-state index contributed by atoms with van der Waals surface area (Å²) in [5.41, 5.74) is 0.914. The van der Waals surface area contributed by atoms with Gasteiger partial charge in [-0.1, -0.05) is 30.3 Å². The predicted octanol–water partition coefficient (Wildman–Crippen LogP) is 2.74. The number of benzene rings is 2. The highest BCUT2D eigenvalue weighted by atomic mass is 16.4. The average Bonchev–Trinajstić information content (AvgIpc) is 2.48. The maximum absolute atomic E-state index is 11.7. The molecular formula is C16H13NO4. The molecule has 2 aromatic carbocycles. The second-order valence-electron chi connectivity index (χ2n) is 4.27. The number of carbonyl (C=O) groups excluding carboxylic acids is 1. The van der Waals surface area contributed by atoms with Crippen molar-refractivity contribution in [1.82, 2.24) is 0 Å². The predicted molar refractivity (Wildman–Crippen MR) is 79.2 cm³/mol. The first-order valence-electron chi connectivity index (χ1n) is 6.16. The molecule has 2 aromatic rings. The Hall–Kier alpha value is -3.08. The van der Waals surface area contributed by atoms with Crippen molar-refractivity contribution in [1.29, 1.82) is 0 Å². The number of hydrogen-bond donors (Lipinski definition) is 3. The molecule has 0 fully saturated rings. The lowest BCUT2D eigenvalue weighted by Crippen LogP contribution is -2.08. The standard InChI is InChI=1S/C16H13NO4/c18-14-8-7-12(10-13(14)16(20)21)17-15(19)9-6-11-4-2-1-3-5-11/h1-10,18H,(H,17,19)(H,20,21). The van der Waals surface area contributed by atoms with Crippen LogP contribution in [0.1, 0.15) is 15.9 Å². The van der Waals surface area contributed by atoms with Crippen molar-refractivity contribution in [3.63, 3.8) is 0 Å². The number of carbonyl (C=O) groups is 2. The van der Waals surface area contributed by atoms with Gasteiger partial charge >= 0.3 is 5.97 Å².